The van der Waals surface area contributed by atoms with Gasteiger partial charge in [0.15, 0.2) is 0 Å². The summed E-state index contributed by atoms with van der Waals surface area (Å²) in [4.78, 5) is 2.59. The van der Waals surface area contributed by atoms with Gasteiger partial charge in [0.1, 0.15) is 11.4 Å². The topological polar surface area (TPSA) is 12.5 Å². The molecule has 2 nitrogen and oxygen atoms in total. The van der Waals surface area contributed by atoms with Gasteiger partial charge in [-0.3, -0.25) is 0 Å². The number of hydrogen-bond acceptors (Lipinski definition) is 2. The number of hydrogen-bond donors (Lipinski definition) is 0. The predicted molar refractivity (Wildman–Crippen MR) is 104 cm³/mol. The van der Waals surface area contributed by atoms with E-state index in [0.29, 0.717) is 5.92 Å². The third kappa shape index (κ3) is 3.74. The van der Waals surface area contributed by atoms with Crippen molar-refractivity contribution in [2.24, 2.45) is 5.92 Å². The van der Waals surface area contributed by atoms with Crippen LogP contribution in [0.1, 0.15) is 82.1 Å². The summed E-state index contributed by atoms with van der Waals surface area (Å²) < 4.78 is 6.61. The fourth-order valence-corrected chi connectivity index (χ4v) is 5.75. The Kier molecular flexibility index (Phi) is 5.36. The van der Waals surface area contributed by atoms with Crippen LogP contribution in [0, 0.1) is 5.92 Å². The van der Waals surface area contributed by atoms with Gasteiger partial charge in [-0.25, -0.2) is 0 Å². The van der Waals surface area contributed by atoms with E-state index >= 15 is 0 Å². The smallest absolute Gasteiger partial charge is 0.123 e. The van der Waals surface area contributed by atoms with E-state index in [4.69, 9.17) is 4.74 Å². The quantitative estimate of drug-likeness (QED) is 0.651. The average Bonchev–Trinajstić information content (AvgIpc) is 2.97. The third-order valence-corrected chi connectivity index (χ3v) is 7.02. The molecule has 2 heteroatoms. The molecule has 0 bridgehead atoms. The Morgan fingerprint density at radius 2 is 1.84 bits per heavy atom. The van der Waals surface area contributed by atoms with Crippen molar-refractivity contribution in [3.8, 4) is 5.75 Å². The first-order valence-electron chi connectivity index (χ1n) is 10.7. The van der Waals surface area contributed by atoms with Gasteiger partial charge in [-0.05, 0) is 70.5 Å². The molecule has 138 valence electrons. The van der Waals surface area contributed by atoms with Gasteiger partial charge >= 0.3 is 0 Å². The molecule has 3 aliphatic rings. The zero-order valence-corrected chi connectivity index (χ0v) is 16.0. The van der Waals surface area contributed by atoms with E-state index < -0.39 is 0 Å². The second-order valence-corrected chi connectivity index (χ2v) is 8.87. The molecule has 0 amide bonds. The van der Waals surface area contributed by atoms with Crippen LogP contribution in [0.15, 0.2) is 24.3 Å². The molecule has 25 heavy (non-hydrogen) atoms. The Labute approximate surface area is 153 Å². The van der Waals surface area contributed by atoms with E-state index in [1.807, 2.05) is 0 Å². The van der Waals surface area contributed by atoms with Gasteiger partial charge in [0.25, 0.3) is 0 Å². The molecule has 0 N–H and O–H groups in total. The minimum atomic E-state index is 0.105. The maximum Gasteiger partial charge on any atom is 0.123 e. The fourth-order valence-electron chi connectivity index (χ4n) is 5.75. The minimum Gasteiger partial charge on any atom is -0.486 e. The van der Waals surface area contributed by atoms with E-state index in [-0.39, 0.29) is 5.60 Å². The lowest BCUT2D eigenvalue weighted by atomic mass is 9.71. The Hall–Kier alpha value is -1.02. The first-order valence-corrected chi connectivity index (χ1v) is 10.7. The highest BCUT2D eigenvalue weighted by Gasteiger charge is 2.48. The van der Waals surface area contributed by atoms with E-state index in [9.17, 15) is 0 Å². The van der Waals surface area contributed by atoms with Crippen molar-refractivity contribution in [3.63, 3.8) is 0 Å². The van der Waals surface area contributed by atoms with E-state index in [2.05, 4.69) is 36.2 Å². The SMILES string of the molecule is CN(CCCC12CCCCC1c1ccccc1O2)CC1CCCCC1. The Morgan fingerprint density at radius 1 is 1.04 bits per heavy atom. The second-order valence-electron chi connectivity index (χ2n) is 8.87. The Bertz CT molecular complexity index is 565. The van der Waals surface area contributed by atoms with Gasteiger partial charge in [0.2, 0.25) is 0 Å². The van der Waals surface area contributed by atoms with Crippen molar-refractivity contribution >= 4 is 0 Å². The Morgan fingerprint density at radius 3 is 2.72 bits per heavy atom. The van der Waals surface area contributed by atoms with Crippen LogP contribution in [0.5, 0.6) is 5.75 Å². The lowest BCUT2D eigenvalue weighted by molar-refractivity contribution is 0.0230. The average molecular weight is 342 g/mol. The zero-order valence-electron chi connectivity index (χ0n) is 16.0. The molecule has 2 atom stereocenters. The van der Waals surface area contributed by atoms with Gasteiger partial charge in [-0.15, -0.1) is 0 Å². The van der Waals surface area contributed by atoms with Crippen molar-refractivity contribution < 1.29 is 4.74 Å². The molecule has 0 spiro atoms. The van der Waals surface area contributed by atoms with Crippen LogP contribution in [0.4, 0.5) is 0 Å². The summed E-state index contributed by atoms with van der Waals surface area (Å²) in [6.45, 7) is 2.53. The van der Waals surface area contributed by atoms with Gasteiger partial charge < -0.3 is 9.64 Å². The molecule has 1 heterocycles. The molecule has 2 unspecified atom stereocenters. The van der Waals surface area contributed by atoms with E-state index in [1.165, 1.54) is 95.0 Å². The molecule has 0 radical (unpaired) electrons. The largest absolute Gasteiger partial charge is 0.486 e. The Balaban J connectivity index is 1.32. The molecular formula is C23H35NO. The number of nitrogens with zero attached hydrogens (tertiary/aromatic N) is 1. The molecule has 4 rings (SSSR count). The van der Waals surface area contributed by atoms with Crippen molar-refractivity contribution in [1.29, 1.82) is 0 Å². The third-order valence-electron chi connectivity index (χ3n) is 7.02. The van der Waals surface area contributed by atoms with Gasteiger partial charge in [-0.1, -0.05) is 43.9 Å². The first kappa shape index (κ1) is 17.4. The summed E-state index contributed by atoms with van der Waals surface area (Å²) in [5.74, 6) is 2.76. The molecule has 1 aromatic carbocycles. The van der Waals surface area contributed by atoms with Gasteiger partial charge in [0.05, 0.1) is 0 Å². The maximum atomic E-state index is 6.61. The van der Waals surface area contributed by atoms with Crippen molar-refractivity contribution in [2.75, 3.05) is 20.1 Å². The lowest BCUT2D eigenvalue weighted by Gasteiger charge is -2.39. The molecule has 1 aliphatic heterocycles. The molecule has 2 saturated carbocycles. The summed E-state index contributed by atoms with van der Waals surface area (Å²) >= 11 is 0. The van der Waals surface area contributed by atoms with Crippen LogP contribution in [-0.4, -0.2) is 30.6 Å². The van der Waals surface area contributed by atoms with Crippen molar-refractivity contribution in [3.05, 3.63) is 29.8 Å². The number of para-hydroxylation sites is 1. The standard InChI is InChI=1S/C23H35NO/c1-24(18-19-10-3-2-4-11-19)17-9-16-23-15-8-7-13-21(23)20-12-5-6-14-22(20)25-23/h5-6,12,14,19,21H,2-4,7-11,13,15-18H2,1H3. The zero-order chi connectivity index (χ0) is 17.1. The number of ether oxygens (including phenoxy) is 1. The normalized spacial score (nSPS) is 29.3. The summed E-state index contributed by atoms with van der Waals surface area (Å²) in [7, 11) is 2.33. The molecule has 0 saturated heterocycles. The highest BCUT2D eigenvalue weighted by molar-refractivity contribution is 5.43. The second kappa shape index (κ2) is 7.70. The van der Waals surface area contributed by atoms with Crippen LogP contribution < -0.4 is 4.74 Å². The lowest BCUT2D eigenvalue weighted by Crippen LogP contribution is -2.41. The van der Waals surface area contributed by atoms with Crippen molar-refractivity contribution in [2.45, 2.75) is 82.1 Å². The molecule has 0 aromatic heterocycles. The van der Waals surface area contributed by atoms with Crippen LogP contribution in [-0.2, 0) is 0 Å². The van der Waals surface area contributed by atoms with Gasteiger partial charge in [0, 0.05) is 18.0 Å². The minimum absolute atomic E-state index is 0.105. The number of benzene rings is 1. The summed E-state index contributed by atoms with van der Waals surface area (Å²) in [6, 6.07) is 8.81. The summed E-state index contributed by atoms with van der Waals surface area (Å²) in [5.41, 5.74) is 1.59. The van der Waals surface area contributed by atoms with Crippen LogP contribution >= 0.6 is 0 Å². The summed E-state index contributed by atoms with van der Waals surface area (Å²) in [6.07, 6.45) is 15.0. The molecular weight excluding hydrogens is 306 g/mol. The predicted octanol–water partition coefficient (Wildman–Crippen LogP) is 5.77. The van der Waals surface area contributed by atoms with Crippen molar-refractivity contribution in [1.82, 2.24) is 4.90 Å². The van der Waals surface area contributed by atoms with Crippen LogP contribution in [0.3, 0.4) is 0 Å². The summed E-state index contributed by atoms with van der Waals surface area (Å²) in [5, 5.41) is 0. The van der Waals surface area contributed by atoms with Crippen LogP contribution in [0.2, 0.25) is 0 Å². The highest BCUT2D eigenvalue weighted by Crippen LogP contribution is 2.53. The molecule has 2 aliphatic carbocycles. The van der Waals surface area contributed by atoms with Gasteiger partial charge in [-0.2, -0.15) is 0 Å². The van der Waals surface area contributed by atoms with Crippen LogP contribution in [0.25, 0.3) is 0 Å². The number of fused-ring (bicyclic) bond motifs is 3. The molecule has 1 aromatic rings. The maximum absolute atomic E-state index is 6.61. The van der Waals surface area contributed by atoms with E-state index in [0.717, 1.165) is 5.92 Å². The monoisotopic (exact) mass is 341 g/mol. The van der Waals surface area contributed by atoms with E-state index in [1.54, 1.807) is 0 Å². The molecule has 2 fully saturated rings. The first-order chi connectivity index (χ1) is 12.3. The fraction of sp³-hybridized carbons (Fsp3) is 0.739. The highest BCUT2D eigenvalue weighted by atomic mass is 16.5. The number of rotatable bonds is 6.